The van der Waals surface area contributed by atoms with Gasteiger partial charge in [0.15, 0.2) is 11.0 Å². The van der Waals surface area contributed by atoms with Gasteiger partial charge in [-0.3, -0.25) is 9.36 Å². The first-order valence-corrected chi connectivity index (χ1v) is 12.1. The van der Waals surface area contributed by atoms with E-state index < -0.39 is 0 Å². The molecular weight excluding hydrogens is 436 g/mol. The fraction of sp³-hybridized carbons (Fsp3) is 0.320. The van der Waals surface area contributed by atoms with Crippen molar-refractivity contribution < 1.29 is 14.3 Å². The number of amides is 1. The second kappa shape index (κ2) is 12.7. The number of rotatable bonds is 13. The summed E-state index contributed by atoms with van der Waals surface area (Å²) in [5.41, 5.74) is 1.65. The highest BCUT2D eigenvalue weighted by atomic mass is 32.2. The lowest BCUT2D eigenvalue weighted by atomic mass is 10.2. The third-order valence-corrected chi connectivity index (χ3v) is 5.66. The minimum atomic E-state index is -0.118. The molecule has 174 valence electrons. The van der Waals surface area contributed by atoms with E-state index in [1.165, 1.54) is 11.8 Å². The van der Waals surface area contributed by atoms with Crippen LogP contribution in [0.5, 0.6) is 11.5 Å². The van der Waals surface area contributed by atoms with E-state index in [0.29, 0.717) is 24.9 Å². The monoisotopic (exact) mass is 466 g/mol. The van der Waals surface area contributed by atoms with E-state index >= 15 is 0 Å². The third-order valence-electron chi connectivity index (χ3n) is 4.69. The Balaban J connectivity index is 1.63. The van der Waals surface area contributed by atoms with Crippen LogP contribution in [-0.4, -0.2) is 39.6 Å². The number of nitrogens with one attached hydrogen (secondary N) is 1. The quantitative estimate of drug-likeness (QED) is 0.205. The molecule has 0 aliphatic rings. The van der Waals surface area contributed by atoms with E-state index in [9.17, 15) is 4.79 Å². The van der Waals surface area contributed by atoms with Gasteiger partial charge in [-0.25, -0.2) is 0 Å². The van der Waals surface area contributed by atoms with Crippen molar-refractivity contribution in [2.45, 2.75) is 38.4 Å². The second-order valence-electron chi connectivity index (χ2n) is 7.23. The van der Waals surface area contributed by atoms with Gasteiger partial charge in [0.2, 0.25) is 5.91 Å². The summed E-state index contributed by atoms with van der Waals surface area (Å²) in [7, 11) is 0. The van der Waals surface area contributed by atoms with Crippen LogP contribution in [0, 0.1) is 0 Å². The molecule has 0 atom stereocenters. The summed E-state index contributed by atoms with van der Waals surface area (Å²) < 4.78 is 13.1. The molecule has 1 N–H and O–H groups in total. The van der Waals surface area contributed by atoms with Crippen LogP contribution in [0.2, 0.25) is 0 Å². The van der Waals surface area contributed by atoms with E-state index in [1.54, 1.807) is 6.08 Å². The van der Waals surface area contributed by atoms with E-state index in [0.717, 1.165) is 41.4 Å². The van der Waals surface area contributed by atoms with Gasteiger partial charge in [-0.2, -0.15) is 0 Å². The SMILES string of the molecule is C=CCn1c(SCC(=O)Nc2ccc(OCC)cc2)nnc1-c1ccc(OCCCC)cc1. The molecular formula is C25H30N4O3S. The number of allylic oxidation sites excluding steroid dienone is 1. The van der Waals surface area contributed by atoms with Gasteiger partial charge >= 0.3 is 0 Å². The van der Waals surface area contributed by atoms with Crippen molar-refractivity contribution in [2.75, 3.05) is 24.3 Å². The number of carbonyl (C=O) groups excluding carboxylic acids is 1. The van der Waals surface area contributed by atoms with Crippen LogP contribution in [0.1, 0.15) is 26.7 Å². The minimum absolute atomic E-state index is 0.118. The van der Waals surface area contributed by atoms with E-state index in [2.05, 4.69) is 29.0 Å². The molecule has 1 amide bonds. The molecule has 33 heavy (non-hydrogen) atoms. The number of hydrogen-bond donors (Lipinski definition) is 1. The van der Waals surface area contributed by atoms with Gasteiger partial charge in [0.1, 0.15) is 11.5 Å². The first-order chi connectivity index (χ1) is 16.1. The smallest absolute Gasteiger partial charge is 0.234 e. The molecule has 0 aliphatic heterocycles. The van der Waals surface area contributed by atoms with Crippen LogP contribution in [0.4, 0.5) is 5.69 Å². The number of hydrogen-bond acceptors (Lipinski definition) is 6. The van der Waals surface area contributed by atoms with E-state index in [1.807, 2.05) is 60.0 Å². The Morgan fingerprint density at radius 2 is 1.76 bits per heavy atom. The highest BCUT2D eigenvalue weighted by Crippen LogP contribution is 2.26. The van der Waals surface area contributed by atoms with Crippen LogP contribution in [0.25, 0.3) is 11.4 Å². The summed E-state index contributed by atoms with van der Waals surface area (Å²) in [6, 6.07) is 15.1. The largest absolute Gasteiger partial charge is 0.494 e. The number of nitrogens with zero attached hydrogens (tertiary/aromatic N) is 3. The van der Waals surface area contributed by atoms with Crippen molar-refractivity contribution in [3.63, 3.8) is 0 Å². The van der Waals surface area contributed by atoms with Crippen LogP contribution in [0.3, 0.4) is 0 Å². The number of carbonyl (C=O) groups is 1. The first kappa shape index (κ1) is 24.4. The number of ether oxygens (including phenoxy) is 2. The molecule has 0 bridgehead atoms. The van der Waals surface area contributed by atoms with Gasteiger partial charge in [0, 0.05) is 17.8 Å². The van der Waals surface area contributed by atoms with E-state index in [4.69, 9.17) is 9.47 Å². The summed E-state index contributed by atoms with van der Waals surface area (Å²) in [6.07, 6.45) is 3.92. The summed E-state index contributed by atoms with van der Waals surface area (Å²) in [4.78, 5) is 12.4. The Hall–Kier alpha value is -3.26. The number of unbranched alkanes of at least 4 members (excludes halogenated alkanes) is 1. The molecule has 0 saturated carbocycles. The van der Waals surface area contributed by atoms with Crippen molar-refractivity contribution in [1.29, 1.82) is 0 Å². The van der Waals surface area contributed by atoms with Crippen molar-refractivity contribution in [1.82, 2.24) is 14.8 Å². The predicted molar refractivity (Wildman–Crippen MR) is 133 cm³/mol. The molecule has 0 unspecified atom stereocenters. The first-order valence-electron chi connectivity index (χ1n) is 11.1. The fourth-order valence-electron chi connectivity index (χ4n) is 3.07. The Bertz CT molecular complexity index is 1030. The van der Waals surface area contributed by atoms with Gasteiger partial charge in [-0.05, 0) is 61.9 Å². The number of benzene rings is 2. The molecule has 0 radical (unpaired) electrons. The van der Waals surface area contributed by atoms with Gasteiger partial charge in [0.25, 0.3) is 0 Å². The Morgan fingerprint density at radius 1 is 1.06 bits per heavy atom. The molecule has 7 nitrogen and oxygen atoms in total. The molecule has 0 fully saturated rings. The molecule has 0 aliphatic carbocycles. The maximum absolute atomic E-state index is 12.4. The molecule has 0 spiro atoms. The standard InChI is InChI=1S/C25H30N4O3S/c1-4-7-17-32-22-12-8-19(9-13-22)24-27-28-25(29(24)16-5-2)33-18-23(30)26-20-10-14-21(15-11-20)31-6-3/h5,8-15H,2,4,6-7,16-18H2,1,3H3,(H,26,30). The fourth-order valence-corrected chi connectivity index (χ4v) is 3.81. The lowest BCUT2D eigenvalue weighted by Crippen LogP contribution is -2.14. The summed E-state index contributed by atoms with van der Waals surface area (Å²) >= 11 is 1.34. The molecule has 1 aromatic heterocycles. The number of aromatic nitrogens is 3. The topological polar surface area (TPSA) is 78.3 Å². The zero-order chi connectivity index (χ0) is 23.5. The number of thioether (sulfide) groups is 1. The zero-order valence-corrected chi connectivity index (χ0v) is 19.9. The van der Waals surface area contributed by atoms with Crippen LogP contribution >= 0.6 is 11.8 Å². The van der Waals surface area contributed by atoms with Crippen molar-refractivity contribution >= 4 is 23.4 Å². The third kappa shape index (κ3) is 7.12. The molecule has 1 heterocycles. The average molecular weight is 467 g/mol. The van der Waals surface area contributed by atoms with Crippen LogP contribution < -0.4 is 14.8 Å². The summed E-state index contributed by atoms with van der Waals surface area (Å²) in [6.45, 7) is 9.77. The predicted octanol–water partition coefficient (Wildman–Crippen LogP) is 5.44. The van der Waals surface area contributed by atoms with Crippen LogP contribution in [-0.2, 0) is 11.3 Å². The molecule has 2 aromatic carbocycles. The number of anilines is 1. The normalized spacial score (nSPS) is 10.6. The minimum Gasteiger partial charge on any atom is -0.494 e. The maximum atomic E-state index is 12.4. The van der Waals surface area contributed by atoms with Gasteiger partial charge in [-0.15, -0.1) is 16.8 Å². The van der Waals surface area contributed by atoms with Gasteiger partial charge in [-0.1, -0.05) is 31.2 Å². The Labute approximate surface area is 199 Å². The summed E-state index contributed by atoms with van der Waals surface area (Å²) in [5, 5.41) is 12.2. The average Bonchev–Trinajstić information content (AvgIpc) is 3.22. The Morgan fingerprint density at radius 3 is 2.42 bits per heavy atom. The molecule has 0 saturated heterocycles. The van der Waals surface area contributed by atoms with E-state index in [-0.39, 0.29) is 11.7 Å². The lowest BCUT2D eigenvalue weighted by molar-refractivity contribution is -0.113. The molecule has 3 rings (SSSR count). The molecule has 3 aromatic rings. The van der Waals surface area contributed by atoms with Crippen LogP contribution in [0.15, 0.2) is 66.3 Å². The maximum Gasteiger partial charge on any atom is 0.234 e. The highest BCUT2D eigenvalue weighted by molar-refractivity contribution is 7.99. The lowest BCUT2D eigenvalue weighted by Gasteiger charge is -2.10. The highest BCUT2D eigenvalue weighted by Gasteiger charge is 2.15. The van der Waals surface area contributed by atoms with Crippen molar-refractivity contribution in [3.05, 3.63) is 61.2 Å². The Kier molecular flexibility index (Phi) is 9.38. The van der Waals surface area contributed by atoms with Crippen molar-refractivity contribution in [2.24, 2.45) is 0 Å². The van der Waals surface area contributed by atoms with Crippen molar-refractivity contribution in [3.8, 4) is 22.9 Å². The summed E-state index contributed by atoms with van der Waals surface area (Å²) in [5.74, 6) is 2.43. The second-order valence-corrected chi connectivity index (χ2v) is 8.17. The van der Waals surface area contributed by atoms with Gasteiger partial charge < -0.3 is 14.8 Å². The van der Waals surface area contributed by atoms with Gasteiger partial charge in [0.05, 0.1) is 19.0 Å². The zero-order valence-electron chi connectivity index (χ0n) is 19.1. The molecule has 8 heteroatoms.